The summed E-state index contributed by atoms with van der Waals surface area (Å²) in [4.78, 5) is 35.7. The molecule has 3 fully saturated rings. The number of nitrogens with zero attached hydrogens (tertiary/aromatic N) is 4. The molecule has 3 aliphatic rings. The van der Waals surface area contributed by atoms with Crippen LogP contribution in [0.3, 0.4) is 0 Å². The number of carbonyl (C=O) groups is 2. The number of piperazine rings is 1. The molecular weight excluding hydrogens is 312 g/mol. The molecule has 0 radical (unpaired) electrons. The van der Waals surface area contributed by atoms with Gasteiger partial charge in [-0.1, -0.05) is 6.08 Å². The first kappa shape index (κ1) is 16.1. The van der Waals surface area contributed by atoms with Crippen LogP contribution in [0.2, 0.25) is 0 Å². The zero-order valence-corrected chi connectivity index (χ0v) is 14.5. The third kappa shape index (κ3) is 3.30. The summed E-state index contributed by atoms with van der Waals surface area (Å²) in [6.45, 7) is 3.92. The fraction of sp³-hybridized carbons (Fsp3) is 0.562. The van der Waals surface area contributed by atoms with Gasteiger partial charge in [-0.25, -0.2) is 4.98 Å². The highest BCUT2D eigenvalue weighted by Crippen LogP contribution is 2.33. The molecule has 0 aromatic carbocycles. The molecule has 2 bridgehead atoms. The Bertz CT molecular complexity index is 628. The van der Waals surface area contributed by atoms with Crippen molar-refractivity contribution in [3.8, 4) is 0 Å². The molecule has 23 heavy (non-hydrogen) atoms. The number of aryl methyl sites for hydroxylation is 1. The Morgan fingerprint density at radius 2 is 2.09 bits per heavy atom. The minimum atomic E-state index is -0.00644. The van der Waals surface area contributed by atoms with Crippen molar-refractivity contribution in [2.45, 2.75) is 25.4 Å². The summed E-state index contributed by atoms with van der Waals surface area (Å²) in [5.74, 6) is 0.0540. The van der Waals surface area contributed by atoms with Crippen molar-refractivity contribution >= 4 is 23.2 Å². The summed E-state index contributed by atoms with van der Waals surface area (Å²) in [6, 6.07) is 0.297. The lowest BCUT2D eigenvalue weighted by Gasteiger charge is -2.55. The van der Waals surface area contributed by atoms with Gasteiger partial charge in [-0.05, 0) is 27.4 Å². The molecule has 0 saturated carbocycles. The molecule has 0 spiro atoms. The molecule has 2 amide bonds. The van der Waals surface area contributed by atoms with Gasteiger partial charge < -0.3 is 14.7 Å². The van der Waals surface area contributed by atoms with E-state index < -0.39 is 0 Å². The van der Waals surface area contributed by atoms with Gasteiger partial charge in [-0.15, -0.1) is 11.3 Å². The van der Waals surface area contributed by atoms with E-state index >= 15 is 0 Å². The summed E-state index contributed by atoms with van der Waals surface area (Å²) < 4.78 is 0. The van der Waals surface area contributed by atoms with Crippen molar-refractivity contribution < 1.29 is 9.59 Å². The standard InChI is InChI=1S/C16H22N4O2S/c1-11-8-17-15(23-11)16(22)19-9-12-7-13(10-19)20(12)14(21)5-4-6-18(2)3/h4-5,8,12-13H,6-7,9-10H2,1-3H3/b5-4+. The minimum absolute atomic E-state index is 0.00644. The van der Waals surface area contributed by atoms with E-state index in [9.17, 15) is 9.59 Å². The molecule has 4 heterocycles. The SMILES string of the molecule is Cc1cnc(C(=O)N2CC3CC(C2)N3C(=O)/C=C/CN(C)C)s1. The van der Waals surface area contributed by atoms with Crippen LogP contribution in [-0.4, -0.2) is 77.3 Å². The van der Waals surface area contributed by atoms with E-state index in [1.807, 2.05) is 41.8 Å². The van der Waals surface area contributed by atoms with E-state index in [1.165, 1.54) is 11.3 Å². The third-order valence-electron chi connectivity index (χ3n) is 4.27. The molecular formula is C16H22N4O2S. The Labute approximate surface area is 140 Å². The van der Waals surface area contributed by atoms with Crippen molar-refractivity contribution in [3.05, 3.63) is 28.2 Å². The Balaban J connectivity index is 1.58. The second-order valence-electron chi connectivity index (χ2n) is 6.44. The quantitative estimate of drug-likeness (QED) is 0.771. The lowest BCUT2D eigenvalue weighted by atomic mass is 9.87. The van der Waals surface area contributed by atoms with E-state index in [4.69, 9.17) is 0 Å². The molecule has 3 saturated heterocycles. The molecule has 2 unspecified atom stereocenters. The summed E-state index contributed by atoms with van der Waals surface area (Å²) in [5, 5.41) is 0.549. The van der Waals surface area contributed by atoms with Crippen LogP contribution in [0.25, 0.3) is 0 Å². The predicted molar refractivity (Wildman–Crippen MR) is 89.5 cm³/mol. The molecule has 0 N–H and O–H groups in total. The highest BCUT2D eigenvalue weighted by molar-refractivity contribution is 7.13. The Morgan fingerprint density at radius 3 is 2.65 bits per heavy atom. The molecule has 6 nitrogen and oxygen atoms in total. The Kier molecular flexibility index (Phi) is 4.50. The van der Waals surface area contributed by atoms with Gasteiger partial charge >= 0.3 is 0 Å². The highest BCUT2D eigenvalue weighted by atomic mass is 32.1. The van der Waals surface area contributed by atoms with Crippen LogP contribution in [-0.2, 0) is 4.79 Å². The van der Waals surface area contributed by atoms with Gasteiger partial charge in [0.2, 0.25) is 5.91 Å². The average Bonchev–Trinajstić information content (AvgIpc) is 2.92. The molecule has 1 aromatic heterocycles. The molecule has 3 aliphatic heterocycles. The Hall–Kier alpha value is -1.73. The van der Waals surface area contributed by atoms with Gasteiger partial charge in [0, 0.05) is 36.8 Å². The largest absolute Gasteiger partial charge is 0.332 e. The third-order valence-corrected chi connectivity index (χ3v) is 5.17. The predicted octanol–water partition coefficient (Wildman–Crippen LogP) is 0.995. The second kappa shape index (κ2) is 6.41. The van der Waals surface area contributed by atoms with Crippen LogP contribution >= 0.6 is 11.3 Å². The highest BCUT2D eigenvalue weighted by Gasteiger charge is 2.47. The van der Waals surface area contributed by atoms with Crippen LogP contribution in [0.15, 0.2) is 18.3 Å². The van der Waals surface area contributed by atoms with E-state index in [0.717, 1.165) is 17.8 Å². The van der Waals surface area contributed by atoms with Crippen molar-refractivity contribution in [2.75, 3.05) is 33.7 Å². The van der Waals surface area contributed by atoms with Crippen LogP contribution in [0.5, 0.6) is 0 Å². The second-order valence-corrected chi connectivity index (χ2v) is 7.67. The molecule has 1 aromatic rings. The lowest BCUT2D eigenvalue weighted by molar-refractivity contribution is -0.146. The van der Waals surface area contributed by atoms with Gasteiger partial charge in [0.1, 0.15) is 0 Å². The number of thiazole rings is 1. The summed E-state index contributed by atoms with van der Waals surface area (Å²) in [6.07, 6.45) is 6.26. The zero-order chi connectivity index (χ0) is 16.6. The fourth-order valence-electron chi connectivity index (χ4n) is 3.17. The van der Waals surface area contributed by atoms with Crippen LogP contribution in [0.4, 0.5) is 0 Å². The van der Waals surface area contributed by atoms with Crippen molar-refractivity contribution in [1.82, 2.24) is 19.7 Å². The summed E-state index contributed by atoms with van der Waals surface area (Å²) in [7, 11) is 3.94. The van der Waals surface area contributed by atoms with Gasteiger partial charge in [0.05, 0.1) is 12.1 Å². The number of piperidine rings is 1. The lowest BCUT2D eigenvalue weighted by Crippen LogP contribution is -2.70. The average molecular weight is 334 g/mol. The van der Waals surface area contributed by atoms with E-state index in [1.54, 1.807) is 12.3 Å². The zero-order valence-electron chi connectivity index (χ0n) is 13.7. The minimum Gasteiger partial charge on any atom is -0.332 e. The number of fused-ring (bicyclic) bond motifs is 2. The van der Waals surface area contributed by atoms with Crippen LogP contribution in [0.1, 0.15) is 21.1 Å². The normalized spacial score (nSPS) is 23.5. The van der Waals surface area contributed by atoms with E-state index in [2.05, 4.69) is 4.98 Å². The first-order chi connectivity index (χ1) is 11.0. The first-order valence-corrected chi connectivity index (χ1v) is 8.62. The number of likely N-dealkylation sites (N-methyl/N-ethyl adjacent to an activating group) is 1. The van der Waals surface area contributed by atoms with Crippen LogP contribution in [0, 0.1) is 6.92 Å². The maximum Gasteiger partial charge on any atom is 0.282 e. The van der Waals surface area contributed by atoms with Gasteiger partial charge in [-0.2, -0.15) is 0 Å². The number of hydrogen-bond acceptors (Lipinski definition) is 5. The number of rotatable bonds is 4. The molecule has 0 aliphatic carbocycles. The number of hydrogen-bond donors (Lipinski definition) is 0. The number of aromatic nitrogens is 1. The first-order valence-electron chi connectivity index (χ1n) is 7.81. The molecule has 4 rings (SSSR count). The summed E-state index contributed by atoms with van der Waals surface area (Å²) in [5.41, 5.74) is 0. The molecule has 7 heteroatoms. The smallest absolute Gasteiger partial charge is 0.282 e. The molecule has 2 atom stereocenters. The van der Waals surface area contributed by atoms with E-state index in [-0.39, 0.29) is 23.9 Å². The van der Waals surface area contributed by atoms with Gasteiger partial charge in [0.15, 0.2) is 5.01 Å². The van der Waals surface area contributed by atoms with Crippen molar-refractivity contribution in [2.24, 2.45) is 0 Å². The summed E-state index contributed by atoms with van der Waals surface area (Å²) >= 11 is 1.43. The number of carbonyl (C=O) groups excluding carboxylic acids is 2. The fourth-order valence-corrected chi connectivity index (χ4v) is 3.91. The number of amides is 2. The van der Waals surface area contributed by atoms with E-state index in [0.29, 0.717) is 18.1 Å². The van der Waals surface area contributed by atoms with Crippen molar-refractivity contribution in [1.29, 1.82) is 0 Å². The monoisotopic (exact) mass is 334 g/mol. The maximum absolute atomic E-state index is 12.5. The van der Waals surface area contributed by atoms with Gasteiger partial charge in [-0.3, -0.25) is 9.59 Å². The molecule has 124 valence electrons. The van der Waals surface area contributed by atoms with Gasteiger partial charge in [0.25, 0.3) is 5.91 Å². The Morgan fingerprint density at radius 1 is 1.39 bits per heavy atom. The topological polar surface area (TPSA) is 56.8 Å². The van der Waals surface area contributed by atoms with Crippen LogP contribution < -0.4 is 0 Å². The maximum atomic E-state index is 12.5. The van der Waals surface area contributed by atoms with Crippen molar-refractivity contribution in [3.63, 3.8) is 0 Å².